The monoisotopic (exact) mass is 290 g/mol. The lowest BCUT2D eigenvalue weighted by molar-refractivity contribution is -0.770. The fourth-order valence-electron chi connectivity index (χ4n) is 1.15. The van der Waals surface area contributed by atoms with Gasteiger partial charge in [-0.2, -0.15) is 0 Å². The molecule has 0 aromatic heterocycles. The Morgan fingerprint density at radius 2 is 1.60 bits per heavy atom. The van der Waals surface area contributed by atoms with E-state index in [0.717, 1.165) is 0 Å². The molecule has 12 heteroatoms. The zero-order chi connectivity index (χ0) is 15.7. The molecule has 1 aromatic carbocycles. The molecule has 20 heavy (non-hydrogen) atoms. The van der Waals surface area contributed by atoms with Crippen LogP contribution in [0.5, 0.6) is 0 Å². The van der Waals surface area contributed by atoms with E-state index in [1.54, 1.807) is 0 Å². The van der Waals surface area contributed by atoms with Gasteiger partial charge in [-0.1, -0.05) is 0 Å². The Kier molecular flexibility index (Phi) is 6.92. The van der Waals surface area contributed by atoms with E-state index in [-0.39, 0.29) is 12.2 Å². The molecular formula is C8H10N4O8. The smallest absolute Gasteiger partial charge is 0.295 e. The predicted octanol–water partition coefficient (Wildman–Crippen LogP) is 0.455. The molecule has 0 heterocycles. The molecule has 0 radical (unpaired) electrons. The lowest BCUT2D eigenvalue weighted by atomic mass is 10.1. The van der Waals surface area contributed by atoms with Crippen LogP contribution in [0.3, 0.4) is 0 Å². The van der Waals surface area contributed by atoms with Crippen molar-refractivity contribution in [2.45, 2.75) is 6.10 Å². The second-order valence-corrected chi connectivity index (χ2v) is 3.14. The van der Waals surface area contributed by atoms with Crippen molar-refractivity contribution in [1.29, 1.82) is 0 Å². The van der Waals surface area contributed by atoms with E-state index < -0.39 is 21.2 Å². The first-order chi connectivity index (χ1) is 9.27. The Hall–Kier alpha value is -3.02. The maximum Gasteiger partial charge on any atom is 0.295 e. The van der Waals surface area contributed by atoms with Crippen LogP contribution < -0.4 is 5.73 Å². The largest absolute Gasteiger partial charge is 0.328 e. The molecule has 0 fully saturated rings. The van der Waals surface area contributed by atoms with E-state index >= 15 is 0 Å². The number of benzene rings is 1. The minimum atomic E-state index is -1.50. The van der Waals surface area contributed by atoms with Gasteiger partial charge in [0.25, 0.3) is 15.9 Å². The van der Waals surface area contributed by atoms with E-state index in [0.29, 0.717) is 5.56 Å². The molecule has 3 N–H and O–H groups in total. The lowest BCUT2D eigenvalue weighted by Crippen LogP contribution is -2.18. The van der Waals surface area contributed by atoms with Crippen LogP contribution in [0.25, 0.3) is 0 Å². The number of hydrogen-bond acceptors (Lipinski definition) is 8. The second kappa shape index (κ2) is 8.15. The van der Waals surface area contributed by atoms with E-state index in [2.05, 4.69) is 4.84 Å². The van der Waals surface area contributed by atoms with Gasteiger partial charge in [-0.15, -0.1) is 20.2 Å². The van der Waals surface area contributed by atoms with Crippen molar-refractivity contribution in [1.82, 2.24) is 0 Å². The lowest BCUT2D eigenvalue weighted by Gasteiger charge is -2.12. The summed E-state index contributed by atoms with van der Waals surface area (Å²) < 4.78 is 0. The van der Waals surface area contributed by atoms with Crippen molar-refractivity contribution in [3.8, 4) is 0 Å². The predicted molar refractivity (Wildman–Crippen MR) is 61.8 cm³/mol. The summed E-state index contributed by atoms with van der Waals surface area (Å²) >= 11 is 0. The van der Waals surface area contributed by atoms with Crippen LogP contribution in [0.1, 0.15) is 11.7 Å². The van der Waals surface area contributed by atoms with Crippen LogP contribution in [-0.4, -0.2) is 26.8 Å². The van der Waals surface area contributed by atoms with Gasteiger partial charge in [0.1, 0.15) is 6.10 Å². The van der Waals surface area contributed by atoms with Crippen molar-refractivity contribution in [3.05, 3.63) is 60.2 Å². The van der Waals surface area contributed by atoms with Crippen LogP contribution >= 0.6 is 0 Å². The highest BCUT2D eigenvalue weighted by Crippen LogP contribution is 2.19. The van der Waals surface area contributed by atoms with Gasteiger partial charge >= 0.3 is 0 Å². The number of rotatable bonds is 5. The molecule has 110 valence electrons. The van der Waals surface area contributed by atoms with Gasteiger partial charge in [0.2, 0.25) is 0 Å². The van der Waals surface area contributed by atoms with Crippen LogP contribution in [0.4, 0.5) is 5.69 Å². The summed E-state index contributed by atoms with van der Waals surface area (Å²) in [6, 6.07) is 5.22. The van der Waals surface area contributed by atoms with E-state index in [4.69, 9.17) is 21.1 Å². The third-order valence-corrected chi connectivity index (χ3v) is 1.90. The van der Waals surface area contributed by atoms with Gasteiger partial charge in [0.15, 0.2) is 0 Å². The number of nitrogens with zero attached hydrogens (tertiary/aromatic N) is 3. The Morgan fingerprint density at radius 3 is 1.90 bits per heavy atom. The summed E-state index contributed by atoms with van der Waals surface area (Å²) in [5, 5.41) is 33.2. The number of hydrogen-bond donors (Lipinski definition) is 2. The summed E-state index contributed by atoms with van der Waals surface area (Å²) in [5.41, 5.74) is 5.61. The number of nitro groups is 1. The molecule has 0 saturated heterocycles. The fourth-order valence-corrected chi connectivity index (χ4v) is 1.15. The molecule has 0 aliphatic heterocycles. The van der Waals surface area contributed by atoms with Gasteiger partial charge in [-0.25, -0.2) is 0 Å². The van der Waals surface area contributed by atoms with Crippen molar-refractivity contribution >= 4 is 5.69 Å². The van der Waals surface area contributed by atoms with Gasteiger partial charge in [-0.05, 0) is 17.7 Å². The zero-order valence-electron chi connectivity index (χ0n) is 9.82. The van der Waals surface area contributed by atoms with E-state index in [1.807, 2.05) is 0 Å². The van der Waals surface area contributed by atoms with Crippen LogP contribution in [0.2, 0.25) is 0 Å². The highest BCUT2D eigenvalue weighted by atomic mass is 17.0. The van der Waals surface area contributed by atoms with Crippen LogP contribution in [-0.2, 0) is 4.84 Å². The Labute approximate surface area is 110 Å². The van der Waals surface area contributed by atoms with Gasteiger partial charge < -0.3 is 15.8 Å². The van der Waals surface area contributed by atoms with Crippen molar-refractivity contribution < 1.29 is 25.1 Å². The minimum absolute atomic E-state index is 0.0845. The zero-order valence-corrected chi connectivity index (χ0v) is 9.82. The molecule has 1 unspecified atom stereocenters. The van der Waals surface area contributed by atoms with Gasteiger partial charge in [-0.3, -0.25) is 10.1 Å². The highest BCUT2D eigenvalue weighted by Gasteiger charge is 2.15. The third kappa shape index (κ3) is 6.65. The average Bonchev–Trinajstić information content (AvgIpc) is 2.35. The van der Waals surface area contributed by atoms with Crippen LogP contribution in [0.15, 0.2) is 24.3 Å². The molecule has 12 nitrogen and oxygen atoms in total. The Balaban J connectivity index is 0.000000796. The summed E-state index contributed by atoms with van der Waals surface area (Å²) in [7, 11) is 0. The van der Waals surface area contributed by atoms with Crippen molar-refractivity contribution in [2.24, 2.45) is 5.73 Å². The summed E-state index contributed by atoms with van der Waals surface area (Å²) in [4.78, 5) is 32.6. The topological polar surface area (TPSA) is 185 Å². The number of nitro benzene ring substituents is 1. The molecule has 0 aliphatic carbocycles. The van der Waals surface area contributed by atoms with E-state index in [9.17, 15) is 20.2 Å². The minimum Gasteiger partial charge on any atom is -0.328 e. The normalized spacial score (nSPS) is 10.7. The molecule has 0 bridgehead atoms. The fraction of sp³-hybridized carbons (Fsp3) is 0.250. The first-order valence-corrected chi connectivity index (χ1v) is 4.86. The quantitative estimate of drug-likeness (QED) is 0.573. The maximum absolute atomic E-state index is 10.4. The Bertz CT molecular complexity index is 472. The first kappa shape index (κ1) is 17.0. The van der Waals surface area contributed by atoms with E-state index in [1.165, 1.54) is 24.3 Å². The summed E-state index contributed by atoms with van der Waals surface area (Å²) in [6.45, 7) is -0.0845. The Morgan fingerprint density at radius 1 is 1.15 bits per heavy atom. The number of non-ortho nitro benzene ring substituents is 1. The van der Waals surface area contributed by atoms with Gasteiger partial charge in [0.05, 0.1) is 4.92 Å². The molecule has 0 aliphatic rings. The number of nitrogens with two attached hydrogens (primary N) is 1. The standard InChI is InChI=1S/C8H9N3O5.HNO3/c9-5-8(16-11(14)15)6-1-3-7(4-2-6)10(12)13;2-1(3)4/h1-4,8H,5,9H2;(H,2,3,4). The summed E-state index contributed by atoms with van der Waals surface area (Å²) in [5.74, 6) is 0. The average molecular weight is 290 g/mol. The molecule has 1 rings (SSSR count). The van der Waals surface area contributed by atoms with Crippen molar-refractivity contribution in [2.75, 3.05) is 6.54 Å². The highest BCUT2D eigenvalue weighted by molar-refractivity contribution is 5.33. The molecule has 1 atom stereocenters. The van der Waals surface area contributed by atoms with Gasteiger partial charge in [0, 0.05) is 18.7 Å². The second-order valence-electron chi connectivity index (χ2n) is 3.14. The molecule has 1 aromatic rings. The molecule has 0 spiro atoms. The van der Waals surface area contributed by atoms with Crippen molar-refractivity contribution in [3.63, 3.8) is 0 Å². The SMILES string of the molecule is NCC(O[N+](=O)[O-])c1ccc([N+](=O)[O-])cc1.O=[N+]([O-])O. The molecule has 0 amide bonds. The molecule has 0 saturated carbocycles. The summed E-state index contributed by atoms with van der Waals surface area (Å²) in [6.07, 6.45) is -0.907. The van der Waals surface area contributed by atoms with Crippen LogP contribution in [0, 0.1) is 30.3 Å². The third-order valence-electron chi connectivity index (χ3n) is 1.90. The first-order valence-electron chi connectivity index (χ1n) is 4.86. The molecular weight excluding hydrogens is 280 g/mol. The maximum atomic E-state index is 10.4.